The number of aliphatic hydroxyl groups excluding tert-OH is 1. The molecule has 4 nitrogen and oxygen atoms in total. The fraction of sp³-hybridized carbons (Fsp3) is 0.611. The molecular weight excluding hydrogens is 274 g/mol. The second-order valence-electron chi connectivity index (χ2n) is 6.78. The number of piperidine rings is 1. The molecule has 1 N–H and O–H groups in total. The lowest BCUT2D eigenvalue weighted by atomic mass is 9.82. The van der Waals surface area contributed by atoms with E-state index < -0.39 is 0 Å². The van der Waals surface area contributed by atoms with Gasteiger partial charge in [-0.2, -0.15) is 5.26 Å². The summed E-state index contributed by atoms with van der Waals surface area (Å²) in [6.07, 6.45) is 2.82. The zero-order valence-corrected chi connectivity index (χ0v) is 13.8. The minimum Gasteiger partial charge on any atom is -0.396 e. The standard InChI is InChI=1S/C18H27N3O/c1-18(15-22)9-3-12-21(14-18)13-16-5-7-17(8-6-16)20(2)11-4-10-19/h5-8,22H,3-4,9,11-15H2,1-2H3. The summed E-state index contributed by atoms with van der Waals surface area (Å²) >= 11 is 0. The summed E-state index contributed by atoms with van der Waals surface area (Å²) in [5, 5.41) is 18.2. The van der Waals surface area contributed by atoms with E-state index >= 15 is 0 Å². The maximum absolute atomic E-state index is 9.55. The summed E-state index contributed by atoms with van der Waals surface area (Å²) in [7, 11) is 2.02. The number of benzene rings is 1. The molecular formula is C18H27N3O. The molecule has 1 aromatic carbocycles. The third-order valence-corrected chi connectivity index (χ3v) is 4.58. The summed E-state index contributed by atoms with van der Waals surface area (Å²) in [5.74, 6) is 0. The van der Waals surface area contributed by atoms with E-state index in [9.17, 15) is 5.11 Å². The second kappa shape index (κ2) is 7.62. The van der Waals surface area contributed by atoms with Crippen molar-refractivity contribution in [3.05, 3.63) is 29.8 Å². The Morgan fingerprint density at radius 2 is 2.09 bits per heavy atom. The van der Waals surface area contributed by atoms with Gasteiger partial charge < -0.3 is 10.0 Å². The molecule has 1 fully saturated rings. The van der Waals surface area contributed by atoms with Crippen LogP contribution in [0.3, 0.4) is 0 Å². The number of anilines is 1. The van der Waals surface area contributed by atoms with Crippen molar-refractivity contribution in [3.8, 4) is 6.07 Å². The van der Waals surface area contributed by atoms with Crippen molar-refractivity contribution in [3.63, 3.8) is 0 Å². The first-order chi connectivity index (χ1) is 10.6. The second-order valence-corrected chi connectivity index (χ2v) is 6.78. The van der Waals surface area contributed by atoms with Crippen molar-refractivity contribution < 1.29 is 5.11 Å². The fourth-order valence-corrected chi connectivity index (χ4v) is 3.15. The predicted molar refractivity (Wildman–Crippen MR) is 89.6 cm³/mol. The van der Waals surface area contributed by atoms with E-state index in [0.29, 0.717) is 6.42 Å². The van der Waals surface area contributed by atoms with E-state index in [-0.39, 0.29) is 12.0 Å². The molecule has 4 heteroatoms. The molecule has 0 radical (unpaired) electrons. The smallest absolute Gasteiger partial charge is 0.0640 e. The van der Waals surface area contributed by atoms with Crippen molar-refractivity contribution in [2.24, 2.45) is 5.41 Å². The number of hydrogen-bond acceptors (Lipinski definition) is 4. The maximum atomic E-state index is 9.55. The van der Waals surface area contributed by atoms with Crippen molar-refractivity contribution >= 4 is 5.69 Å². The number of nitriles is 1. The van der Waals surface area contributed by atoms with Crippen LogP contribution in [0.25, 0.3) is 0 Å². The van der Waals surface area contributed by atoms with Gasteiger partial charge in [-0.25, -0.2) is 0 Å². The lowest BCUT2D eigenvalue weighted by Crippen LogP contribution is -2.43. The molecule has 0 saturated carbocycles. The highest BCUT2D eigenvalue weighted by atomic mass is 16.3. The highest BCUT2D eigenvalue weighted by molar-refractivity contribution is 5.46. The van der Waals surface area contributed by atoms with Crippen LogP contribution >= 0.6 is 0 Å². The van der Waals surface area contributed by atoms with Crippen LogP contribution in [0.1, 0.15) is 31.7 Å². The molecule has 0 spiro atoms. The Labute approximate surface area is 134 Å². The van der Waals surface area contributed by atoms with E-state index in [4.69, 9.17) is 5.26 Å². The summed E-state index contributed by atoms with van der Waals surface area (Å²) in [6, 6.07) is 10.8. The van der Waals surface area contributed by atoms with Gasteiger partial charge in [0.15, 0.2) is 0 Å². The zero-order chi connectivity index (χ0) is 16.0. The molecule has 1 aromatic rings. The molecule has 1 unspecified atom stereocenters. The van der Waals surface area contributed by atoms with Gasteiger partial charge >= 0.3 is 0 Å². The number of hydrogen-bond donors (Lipinski definition) is 1. The molecule has 0 aromatic heterocycles. The maximum Gasteiger partial charge on any atom is 0.0640 e. The third-order valence-electron chi connectivity index (χ3n) is 4.58. The molecule has 120 valence electrons. The Hall–Kier alpha value is -1.57. The van der Waals surface area contributed by atoms with Crippen LogP contribution in [0.4, 0.5) is 5.69 Å². The summed E-state index contributed by atoms with van der Waals surface area (Å²) < 4.78 is 0. The van der Waals surface area contributed by atoms with Crippen LogP contribution < -0.4 is 4.90 Å². The van der Waals surface area contributed by atoms with E-state index in [0.717, 1.165) is 44.7 Å². The van der Waals surface area contributed by atoms with Crippen molar-refractivity contribution in [1.29, 1.82) is 5.26 Å². The summed E-state index contributed by atoms with van der Waals surface area (Å²) in [5.41, 5.74) is 2.51. The molecule has 1 saturated heterocycles. The lowest BCUT2D eigenvalue weighted by Gasteiger charge is -2.39. The normalized spacial score (nSPS) is 22.3. The number of nitrogens with zero attached hydrogens (tertiary/aromatic N) is 3. The van der Waals surface area contributed by atoms with Gasteiger partial charge in [-0.3, -0.25) is 4.90 Å². The van der Waals surface area contributed by atoms with Crippen molar-refractivity contribution in [2.45, 2.75) is 32.7 Å². The quantitative estimate of drug-likeness (QED) is 0.877. The van der Waals surface area contributed by atoms with Crippen LogP contribution in [-0.4, -0.2) is 43.3 Å². The van der Waals surface area contributed by atoms with Crippen LogP contribution in [0.5, 0.6) is 0 Å². The Morgan fingerprint density at radius 1 is 1.36 bits per heavy atom. The predicted octanol–water partition coefficient (Wildman–Crippen LogP) is 2.63. The van der Waals surface area contributed by atoms with Gasteiger partial charge in [0.05, 0.1) is 12.5 Å². The van der Waals surface area contributed by atoms with E-state index in [1.165, 1.54) is 5.56 Å². The van der Waals surface area contributed by atoms with Gasteiger partial charge in [0.1, 0.15) is 0 Å². The van der Waals surface area contributed by atoms with Crippen molar-refractivity contribution in [1.82, 2.24) is 4.90 Å². The Morgan fingerprint density at radius 3 is 2.73 bits per heavy atom. The SMILES string of the molecule is CN(CCC#N)c1ccc(CN2CCCC(C)(CO)C2)cc1. The topological polar surface area (TPSA) is 50.5 Å². The molecule has 1 aliphatic rings. The Bertz CT molecular complexity index is 508. The first kappa shape index (κ1) is 16.8. The lowest BCUT2D eigenvalue weighted by molar-refractivity contribution is 0.0429. The molecule has 22 heavy (non-hydrogen) atoms. The Kier molecular flexibility index (Phi) is 5.82. The summed E-state index contributed by atoms with van der Waals surface area (Å²) in [6.45, 7) is 6.22. The van der Waals surface area contributed by atoms with Gasteiger partial charge in [0.25, 0.3) is 0 Å². The number of aliphatic hydroxyl groups is 1. The largest absolute Gasteiger partial charge is 0.396 e. The van der Waals surface area contributed by atoms with E-state index in [2.05, 4.69) is 47.1 Å². The molecule has 2 rings (SSSR count). The number of likely N-dealkylation sites (tertiary alicyclic amines) is 1. The monoisotopic (exact) mass is 301 g/mol. The average Bonchev–Trinajstić information content (AvgIpc) is 2.53. The van der Waals surface area contributed by atoms with E-state index in [1.54, 1.807) is 0 Å². The van der Waals surface area contributed by atoms with Gasteiger partial charge in [0.2, 0.25) is 0 Å². The molecule has 1 aliphatic heterocycles. The molecule has 1 heterocycles. The first-order valence-corrected chi connectivity index (χ1v) is 8.06. The Balaban J connectivity index is 1.92. The van der Waals surface area contributed by atoms with Gasteiger partial charge in [0, 0.05) is 44.4 Å². The van der Waals surface area contributed by atoms with Gasteiger partial charge in [-0.15, -0.1) is 0 Å². The minimum atomic E-state index is 0.0513. The molecule has 0 bridgehead atoms. The van der Waals surface area contributed by atoms with Crippen LogP contribution in [0.2, 0.25) is 0 Å². The zero-order valence-electron chi connectivity index (χ0n) is 13.8. The molecule has 1 atom stereocenters. The average molecular weight is 301 g/mol. The van der Waals surface area contributed by atoms with Crippen LogP contribution in [-0.2, 0) is 6.54 Å². The van der Waals surface area contributed by atoms with Crippen LogP contribution in [0, 0.1) is 16.7 Å². The first-order valence-electron chi connectivity index (χ1n) is 8.06. The third kappa shape index (κ3) is 4.46. The molecule has 0 aliphatic carbocycles. The van der Waals surface area contributed by atoms with Gasteiger partial charge in [-0.05, 0) is 37.1 Å². The highest BCUT2D eigenvalue weighted by Gasteiger charge is 2.30. The van der Waals surface area contributed by atoms with Gasteiger partial charge in [-0.1, -0.05) is 19.1 Å². The minimum absolute atomic E-state index is 0.0513. The number of rotatable bonds is 6. The van der Waals surface area contributed by atoms with Crippen molar-refractivity contribution in [2.75, 3.05) is 38.2 Å². The van der Waals surface area contributed by atoms with E-state index in [1.807, 2.05) is 7.05 Å². The molecule has 0 amide bonds. The highest BCUT2D eigenvalue weighted by Crippen LogP contribution is 2.29. The fourth-order valence-electron chi connectivity index (χ4n) is 3.15. The van der Waals surface area contributed by atoms with Crippen LogP contribution in [0.15, 0.2) is 24.3 Å². The summed E-state index contributed by atoms with van der Waals surface area (Å²) in [4.78, 5) is 4.55.